The first-order valence-corrected chi connectivity index (χ1v) is 8.90. The summed E-state index contributed by atoms with van der Waals surface area (Å²) in [6.07, 6.45) is 2.04. The number of ether oxygens (including phenoxy) is 1. The van der Waals surface area contributed by atoms with Crippen LogP contribution in [0.3, 0.4) is 0 Å². The fourth-order valence-corrected chi connectivity index (χ4v) is 3.25. The lowest BCUT2D eigenvalue weighted by atomic mass is 10.0. The molecule has 0 aliphatic carbocycles. The van der Waals surface area contributed by atoms with Gasteiger partial charge >= 0.3 is 6.03 Å². The summed E-state index contributed by atoms with van der Waals surface area (Å²) in [5.41, 5.74) is 5.87. The number of carbonyl (C=O) groups excluding carboxylic acids is 1. The number of hydrogen-bond donors (Lipinski definition) is 1. The Bertz CT molecular complexity index is 770. The molecule has 1 aliphatic rings. The minimum atomic E-state index is -0.0486. The number of anilines is 1. The molecule has 0 bridgehead atoms. The molecule has 1 heterocycles. The van der Waals surface area contributed by atoms with Crippen LogP contribution in [-0.4, -0.2) is 25.7 Å². The van der Waals surface area contributed by atoms with Crippen LogP contribution in [0.15, 0.2) is 36.4 Å². The summed E-state index contributed by atoms with van der Waals surface area (Å²) >= 11 is 0. The second-order valence-corrected chi connectivity index (χ2v) is 6.67. The van der Waals surface area contributed by atoms with Crippen LogP contribution in [0, 0.1) is 20.8 Å². The standard InChI is InChI=1S/C21H26N2O2/c1-15-13-17(3)20(14-16(15)2)25-12-10-22-21(24)23-11-6-8-18-7-4-5-9-19(18)23/h4-5,7,9,13-14H,6,8,10-12H2,1-3H3,(H,22,24). The number of amides is 2. The number of benzene rings is 2. The zero-order chi connectivity index (χ0) is 17.8. The van der Waals surface area contributed by atoms with Gasteiger partial charge < -0.3 is 10.1 Å². The summed E-state index contributed by atoms with van der Waals surface area (Å²) in [5.74, 6) is 0.890. The van der Waals surface area contributed by atoms with E-state index in [1.165, 1.54) is 16.7 Å². The monoisotopic (exact) mass is 338 g/mol. The molecule has 0 fully saturated rings. The van der Waals surface area contributed by atoms with Crippen molar-refractivity contribution < 1.29 is 9.53 Å². The van der Waals surface area contributed by atoms with E-state index in [-0.39, 0.29) is 6.03 Å². The average Bonchev–Trinajstić information content (AvgIpc) is 2.62. The van der Waals surface area contributed by atoms with E-state index in [1.807, 2.05) is 30.0 Å². The highest BCUT2D eigenvalue weighted by atomic mass is 16.5. The molecule has 25 heavy (non-hydrogen) atoms. The summed E-state index contributed by atoms with van der Waals surface area (Å²) in [7, 11) is 0. The van der Waals surface area contributed by atoms with Crippen LogP contribution < -0.4 is 15.0 Å². The SMILES string of the molecule is Cc1cc(C)c(OCCNC(=O)N2CCCc3ccccc32)cc1C. The third kappa shape index (κ3) is 3.95. The smallest absolute Gasteiger partial charge is 0.321 e. The van der Waals surface area contributed by atoms with Gasteiger partial charge in [0, 0.05) is 12.2 Å². The van der Waals surface area contributed by atoms with Crippen LogP contribution >= 0.6 is 0 Å². The second kappa shape index (κ2) is 7.60. The van der Waals surface area contributed by atoms with E-state index in [9.17, 15) is 4.79 Å². The van der Waals surface area contributed by atoms with Gasteiger partial charge in [-0.05, 0) is 68.0 Å². The maximum absolute atomic E-state index is 12.5. The highest BCUT2D eigenvalue weighted by Gasteiger charge is 2.21. The number of carbonyl (C=O) groups is 1. The van der Waals surface area contributed by atoms with E-state index in [2.05, 4.69) is 37.4 Å². The molecule has 0 aromatic heterocycles. The van der Waals surface area contributed by atoms with Crippen molar-refractivity contribution in [1.29, 1.82) is 0 Å². The van der Waals surface area contributed by atoms with Gasteiger partial charge in [-0.2, -0.15) is 0 Å². The predicted molar refractivity (Wildman–Crippen MR) is 102 cm³/mol. The Morgan fingerprint density at radius 3 is 2.72 bits per heavy atom. The van der Waals surface area contributed by atoms with Gasteiger partial charge in [0.25, 0.3) is 0 Å². The Morgan fingerprint density at radius 1 is 1.12 bits per heavy atom. The van der Waals surface area contributed by atoms with E-state index in [1.54, 1.807) is 0 Å². The molecule has 0 spiro atoms. The quantitative estimate of drug-likeness (QED) is 0.851. The maximum atomic E-state index is 12.5. The van der Waals surface area contributed by atoms with Crippen molar-refractivity contribution in [2.24, 2.45) is 0 Å². The third-order valence-electron chi connectivity index (χ3n) is 4.78. The first-order chi connectivity index (χ1) is 12.1. The molecule has 1 N–H and O–H groups in total. The number of nitrogens with zero attached hydrogens (tertiary/aromatic N) is 1. The topological polar surface area (TPSA) is 41.6 Å². The van der Waals surface area contributed by atoms with Crippen LogP contribution in [0.4, 0.5) is 10.5 Å². The van der Waals surface area contributed by atoms with Crippen LogP contribution in [0.5, 0.6) is 5.75 Å². The van der Waals surface area contributed by atoms with Gasteiger partial charge in [-0.3, -0.25) is 4.90 Å². The summed E-state index contributed by atoms with van der Waals surface area (Å²) < 4.78 is 5.85. The first-order valence-electron chi connectivity index (χ1n) is 8.90. The highest BCUT2D eigenvalue weighted by molar-refractivity contribution is 5.93. The number of aryl methyl sites for hydroxylation is 4. The van der Waals surface area contributed by atoms with Gasteiger partial charge in [0.1, 0.15) is 12.4 Å². The Kier molecular flexibility index (Phi) is 5.27. The zero-order valence-electron chi connectivity index (χ0n) is 15.3. The molecule has 4 nitrogen and oxygen atoms in total. The van der Waals surface area contributed by atoms with E-state index >= 15 is 0 Å². The Labute approximate surface area is 149 Å². The van der Waals surface area contributed by atoms with E-state index in [4.69, 9.17) is 4.74 Å². The molecule has 4 heteroatoms. The second-order valence-electron chi connectivity index (χ2n) is 6.67. The molecular formula is C21H26N2O2. The molecule has 0 atom stereocenters. The molecule has 0 radical (unpaired) electrons. The van der Waals surface area contributed by atoms with Crippen molar-refractivity contribution in [3.8, 4) is 5.75 Å². The normalized spacial score (nSPS) is 13.3. The van der Waals surface area contributed by atoms with Gasteiger partial charge in [0.15, 0.2) is 0 Å². The molecule has 0 saturated heterocycles. The molecule has 2 aromatic carbocycles. The van der Waals surface area contributed by atoms with Crippen molar-refractivity contribution in [2.45, 2.75) is 33.6 Å². The van der Waals surface area contributed by atoms with Crippen molar-refractivity contribution >= 4 is 11.7 Å². The Morgan fingerprint density at radius 2 is 1.88 bits per heavy atom. The molecule has 3 rings (SSSR count). The molecule has 0 saturated carbocycles. The predicted octanol–water partition coefficient (Wildman–Crippen LogP) is 4.15. The third-order valence-corrected chi connectivity index (χ3v) is 4.78. The summed E-state index contributed by atoms with van der Waals surface area (Å²) in [6, 6.07) is 12.3. The minimum Gasteiger partial charge on any atom is -0.491 e. The average molecular weight is 338 g/mol. The molecule has 132 valence electrons. The van der Waals surface area contributed by atoms with E-state index in [0.717, 1.165) is 36.4 Å². The number of nitrogens with one attached hydrogen (secondary N) is 1. The van der Waals surface area contributed by atoms with Crippen molar-refractivity contribution in [3.05, 3.63) is 58.7 Å². The fourth-order valence-electron chi connectivity index (χ4n) is 3.25. The maximum Gasteiger partial charge on any atom is 0.321 e. The molecule has 1 aliphatic heterocycles. The van der Waals surface area contributed by atoms with Gasteiger partial charge in [0.05, 0.1) is 6.54 Å². The largest absolute Gasteiger partial charge is 0.491 e. The van der Waals surface area contributed by atoms with Crippen LogP contribution in [0.2, 0.25) is 0 Å². The van der Waals surface area contributed by atoms with Gasteiger partial charge in [-0.1, -0.05) is 24.3 Å². The van der Waals surface area contributed by atoms with Gasteiger partial charge in [0.2, 0.25) is 0 Å². The molecular weight excluding hydrogens is 312 g/mol. The number of para-hydroxylation sites is 1. The van der Waals surface area contributed by atoms with Crippen molar-refractivity contribution in [3.63, 3.8) is 0 Å². The highest BCUT2D eigenvalue weighted by Crippen LogP contribution is 2.26. The summed E-state index contributed by atoms with van der Waals surface area (Å²) in [4.78, 5) is 14.3. The number of urea groups is 1. The van der Waals surface area contributed by atoms with Crippen molar-refractivity contribution in [2.75, 3.05) is 24.6 Å². The van der Waals surface area contributed by atoms with Crippen LogP contribution in [-0.2, 0) is 6.42 Å². The lowest BCUT2D eigenvalue weighted by molar-refractivity contribution is 0.241. The zero-order valence-corrected chi connectivity index (χ0v) is 15.3. The van der Waals surface area contributed by atoms with Crippen LogP contribution in [0.25, 0.3) is 0 Å². The summed E-state index contributed by atoms with van der Waals surface area (Å²) in [5, 5.41) is 2.97. The minimum absolute atomic E-state index is 0.0486. The van der Waals surface area contributed by atoms with Gasteiger partial charge in [-0.25, -0.2) is 4.79 Å². The number of hydrogen-bond acceptors (Lipinski definition) is 2. The number of rotatable bonds is 4. The van der Waals surface area contributed by atoms with E-state index < -0.39 is 0 Å². The molecule has 2 aromatic rings. The van der Waals surface area contributed by atoms with E-state index in [0.29, 0.717) is 13.2 Å². The molecule has 2 amide bonds. The first kappa shape index (κ1) is 17.3. The lowest BCUT2D eigenvalue weighted by Gasteiger charge is -2.29. The fraction of sp³-hybridized carbons (Fsp3) is 0.381. The lowest BCUT2D eigenvalue weighted by Crippen LogP contribution is -2.44. The summed E-state index contributed by atoms with van der Waals surface area (Å²) in [6.45, 7) is 7.94. The van der Waals surface area contributed by atoms with Crippen LogP contribution in [0.1, 0.15) is 28.7 Å². The Balaban J connectivity index is 1.53. The van der Waals surface area contributed by atoms with Gasteiger partial charge in [-0.15, -0.1) is 0 Å². The Hall–Kier alpha value is -2.49. The number of fused-ring (bicyclic) bond motifs is 1. The molecule has 0 unspecified atom stereocenters. The van der Waals surface area contributed by atoms with Crippen molar-refractivity contribution in [1.82, 2.24) is 5.32 Å².